The molecule has 1 aliphatic carbocycles. The number of carboxylic acids is 1. The largest absolute Gasteiger partial charge is 0.481 e. The summed E-state index contributed by atoms with van der Waals surface area (Å²) in [5.41, 5.74) is 0. The smallest absolute Gasteiger partial charge is 0.303 e. The Hall–Kier alpha value is -0.530. The van der Waals surface area contributed by atoms with Crippen molar-refractivity contribution in [3.63, 3.8) is 0 Å². The van der Waals surface area contributed by atoms with Crippen molar-refractivity contribution in [3.05, 3.63) is 0 Å². The van der Waals surface area contributed by atoms with Crippen LogP contribution in [0.4, 0.5) is 0 Å². The second-order valence-electron chi connectivity index (χ2n) is 3.27. The molecule has 1 fully saturated rings. The molecule has 2 nitrogen and oxygen atoms in total. The Bertz CT molecular complexity index is 131. The zero-order valence-corrected chi connectivity index (χ0v) is 6.34. The minimum Gasteiger partial charge on any atom is -0.481 e. The van der Waals surface area contributed by atoms with E-state index in [0.717, 1.165) is 6.42 Å². The molecule has 0 saturated heterocycles. The van der Waals surface area contributed by atoms with Gasteiger partial charge in [-0.05, 0) is 18.3 Å². The van der Waals surface area contributed by atoms with E-state index in [1.54, 1.807) is 0 Å². The van der Waals surface area contributed by atoms with Crippen LogP contribution < -0.4 is 0 Å². The van der Waals surface area contributed by atoms with E-state index in [1.165, 1.54) is 12.8 Å². The summed E-state index contributed by atoms with van der Waals surface area (Å²) < 4.78 is 0. The van der Waals surface area contributed by atoms with E-state index >= 15 is 0 Å². The van der Waals surface area contributed by atoms with Gasteiger partial charge in [0.15, 0.2) is 0 Å². The van der Waals surface area contributed by atoms with Crippen LogP contribution in [0.15, 0.2) is 0 Å². The topological polar surface area (TPSA) is 37.3 Å². The standard InChI is InChI=1S/C8H14O2/c1-6-3-2-4-7(6)5-8(9)10/h6-7H,2-5H2,1H3,(H,9,10)/t6-,7+/m0/s1. The number of rotatable bonds is 2. The Morgan fingerprint density at radius 2 is 2.30 bits per heavy atom. The van der Waals surface area contributed by atoms with Crippen LogP contribution in [0, 0.1) is 11.8 Å². The van der Waals surface area contributed by atoms with Gasteiger partial charge in [0.05, 0.1) is 0 Å². The van der Waals surface area contributed by atoms with Gasteiger partial charge in [-0.3, -0.25) is 4.79 Å². The molecular weight excluding hydrogens is 128 g/mol. The third kappa shape index (κ3) is 1.72. The number of carbonyl (C=O) groups is 1. The fourth-order valence-corrected chi connectivity index (χ4v) is 1.75. The molecule has 0 amide bonds. The van der Waals surface area contributed by atoms with E-state index in [-0.39, 0.29) is 0 Å². The van der Waals surface area contributed by atoms with Crippen molar-refractivity contribution in [2.45, 2.75) is 32.6 Å². The third-order valence-corrected chi connectivity index (χ3v) is 2.48. The maximum atomic E-state index is 10.3. The van der Waals surface area contributed by atoms with E-state index in [0.29, 0.717) is 18.3 Å². The highest BCUT2D eigenvalue weighted by Gasteiger charge is 2.24. The molecule has 0 aromatic heterocycles. The van der Waals surface area contributed by atoms with Crippen molar-refractivity contribution in [1.29, 1.82) is 0 Å². The lowest BCUT2D eigenvalue weighted by molar-refractivity contribution is -0.138. The molecule has 0 heterocycles. The van der Waals surface area contributed by atoms with Crippen molar-refractivity contribution in [2.24, 2.45) is 11.8 Å². The molecule has 2 atom stereocenters. The fraction of sp³-hybridized carbons (Fsp3) is 0.875. The van der Waals surface area contributed by atoms with Crippen molar-refractivity contribution in [3.8, 4) is 0 Å². The number of hydrogen-bond acceptors (Lipinski definition) is 1. The number of aliphatic carboxylic acids is 1. The van der Waals surface area contributed by atoms with Gasteiger partial charge in [0.25, 0.3) is 0 Å². The predicted octanol–water partition coefficient (Wildman–Crippen LogP) is 1.90. The van der Waals surface area contributed by atoms with Crippen LogP contribution in [-0.4, -0.2) is 11.1 Å². The van der Waals surface area contributed by atoms with Crippen molar-refractivity contribution < 1.29 is 9.90 Å². The van der Waals surface area contributed by atoms with E-state index in [1.807, 2.05) is 0 Å². The van der Waals surface area contributed by atoms with Crippen LogP contribution in [-0.2, 0) is 4.79 Å². The molecule has 0 radical (unpaired) electrons. The highest BCUT2D eigenvalue weighted by atomic mass is 16.4. The second kappa shape index (κ2) is 3.04. The summed E-state index contributed by atoms with van der Waals surface area (Å²) in [5.74, 6) is 0.451. The molecule has 1 N–H and O–H groups in total. The zero-order chi connectivity index (χ0) is 7.56. The number of carboxylic acid groups (broad SMARTS) is 1. The van der Waals surface area contributed by atoms with Gasteiger partial charge in [-0.1, -0.05) is 19.8 Å². The van der Waals surface area contributed by atoms with E-state index in [2.05, 4.69) is 6.92 Å². The van der Waals surface area contributed by atoms with Crippen LogP contribution >= 0.6 is 0 Å². The lowest BCUT2D eigenvalue weighted by Gasteiger charge is -2.10. The van der Waals surface area contributed by atoms with Crippen LogP contribution in [0.5, 0.6) is 0 Å². The summed E-state index contributed by atoms with van der Waals surface area (Å²) in [4.78, 5) is 10.3. The van der Waals surface area contributed by atoms with Gasteiger partial charge in [0.1, 0.15) is 0 Å². The van der Waals surface area contributed by atoms with Crippen molar-refractivity contribution in [2.75, 3.05) is 0 Å². The molecule has 10 heavy (non-hydrogen) atoms. The van der Waals surface area contributed by atoms with Gasteiger partial charge in [-0.15, -0.1) is 0 Å². The highest BCUT2D eigenvalue weighted by Crippen LogP contribution is 2.33. The van der Waals surface area contributed by atoms with Crippen LogP contribution in [0.3, 0.4) is 0 Å². The predicted molar refractivity (Wildman–Crippen MR) is 38.8 cm³/mol. The van der Waals surface area contributed by atoms with E-state index < -0.39 is 5.97 Å². The average Bonchev–Trinajstić information content (AvgIpc) is 2.15. The molecule has 0 aromatic rings. The first-order valence-electron chi connectivity index (χ1n) is 3.92. The van der Waals surface area contributed by atoms with Gasteiger partial charge >= 0.3 is 5.97 Å². The van der Waals surface area contributed by atoms with Crippen molar-refractivity contribution >= 4 is 5.97 Å². The minimum atomic E-state index is -0.640. The number of hydrogen-bond donors (Lipinski definition) is 1. The van der Waals surface area contributed by atoms with Crippen molar-refractivity contribution in [1.82, 2.24) is 0 Å². The lowest BCUT2D eigenvalue weighted by Crippen LogP contribution is -2.09. The van der Waals surface area contributed by atoms with Gasteiger partial charge in [0.2, 0.25) is 0 Å². The first-order chi connectivity index (χ1) is 4.70. The molecule has 58 valence electrons. The molecule has 0 aliphatic heterocycles. The highest BCUT2D eigenvalue weighted by molar-refractivity contribution is 5.67. The molecule has 0 spiro atoms. The third-order valence-electron chi connectivity index (χ3n) is 2.48. The molecule has 1 rings (SSSR count). The Labute approximate surface area is 61.2 Å². The zero-order valence-electron chi connectivity index (χ0n) is 6.34. The van der Waals surface area contributed by atoms with Gasteiger partial charge in [-0.25, -0.2) is 0 Å². The van der Waals surface area contributed by atoms with Gasteiger partial charge in [-0.2, -0.15) is 0 Å². The molecular formula is C8H14O2. The van der Waals surface area contributed by atoms with E-state index in [9.17, 15) is 4.79 Å². The summed E-state index contributed by atoms with van der Waals surface area (Å²) in [7, 11) is 0. The summed E-state index contributed by atoms with van der Waals surface area (Å²) >= 11 is 0. The average molecular weight is 142 g/mol. The van der Waals surface area contributed by atoms with Gasteiger partial charge < -0.3 is 5.11 Å². The Morgan fingerprint density at radius 3 is 2.70 bits per heavy atom. The summed E-state index contributed by atoms with van der Waals surface area (Å²) in [5, 5.41) is 8.49. The summed E-state index contributed by atoms with van der Waals surface area (Å²) in [6, 6.07) is 0. The molecule has 0 aromatic carbocycles. The molecule has 2 heteroatoms. The Morgan fingerprint density at radius 1 is 1.60 bits per heavy atom. The summed E-state index contributed by atoms with van der Waals surface area (Å²) in [6.45, 7) is 2.15. The first kappa shape index (κ1) is 7.58. The lowest BCUT2D eigenvalue weighted by atomic mass is 9.95. The Balaban J connectivity index is 2.33. The SMILES string of the molecule is C[C@H]1CCC[C@@H]1CC(=O)O. The minimum absolute atomic E-state index is 0.376. The van der Waals surface area contributed by atoms with Crippen LogP contribution in [0.1, 0.15) is 32.6 Å². The van der Waals surface area contributed by atoms with Crippen LogP contribution in [0.2, 0.25) is 0 Å². The van der Waals surface area contributed by atoms with E-state index in [4.69, 9.17) is 5.11 Å². The molecule has 1 aliphatic rings. The quantitative estimate of drug-likeness (QED) is 0.639. The second-order valence-corrected chi connectivity index (χ2v) is 3.27. The molecule has 0 unspecified atom stereocenters. The maximum absolute atomic E-state index is 10.3. The first-order valence-corrected chi connectivity index (χ1v) is 3.92. The molecule has 1 saturated carbocycles. The van der Waals surface area contributed by atoms with Gasteiger partial charge in [0, 0.05) is 6.42 Å². The monoisotopic (exact) mass is 142 g/mol. The molecule has 0 bridgehead atoms. The maximum Gasteiger partial charge on any atom is 0.303 e. The van der Waals surface area contributed by atoms with Crippen LogP contribution in [0.25, 0.3) is 0 Å². The fourth-order valence-electron chi connectivity index (χ4n) is 1.75. The normalized spacial score (nSPS) is 32.5. The Kier molecular flexibility index (Phi) is 2.30. The summed E-state index contributed by atoms with van der Waals surface area (Å²) in [6.07, 6.45) is 3.94.